The third-order valence-electron chi connectivity index (χ3n) is 5.73. The molecular weight excluding hydrogens is 466 g/mol. The van der Waals surface area contributed by atoms with E-state index in [-0.39, 0.29) is 21.3 Å². The van der Waals surface area contributed by atoms with Gasteiger partial charge in [0.25, 0.3) is 15.9 Å². The summed E-state index contributed by atoms with van der Waals surface area (Å²) >= 11 is 0. The van der Waals surface area contributed by atoms with Crippen molar-refractivity contribution in [2.24, 2.45) is 0 Å². The van der Waals surface area contributed by atoms with Gasteiger partial charge in [-0.3, -0.25) is 9.63 Å². The number of anilines is 1. The molecule has 11 heteroatoms. The van der Waals surface area contributed by atoms with Crippen LogP contribution in [0.1, 0.15) is 36.2 Å². The lowest BCUT2D eigenvalue weighted by Crippen LogP contribution is -2.36. The van der Waals surface area contributed by atoms with Crippen LogP contribution in [-0.4, -0.2) is 65.3 Å². The number of hydrogen-bond acceptors (Lipinski definition) is 6. The summed E-state index contributed by atoms with van der Waals surface area (Å²) < 4.78 is 53.1. The normalized spacial score (nSPS) is 14.5. The molecule has 0 fully saturated rings. The zero-order valence-electron chi connectivity index (χ0n) is 19.2. The number of aryl methyl sites for hydroxylation is 1. The van der Waals surface area contributed by atoms with E-state index < -0.39 is 20.0 Å². The van der Waals surface area contributed by atoms with E-state index in [4.69, 9.17) is 4.84 Å². The molecule has 0 bridgehead atoms. The SMILES string of the molecule is CCN(CC)S(=O)(=O)c1ccc2c(c1)CCCN2C(=O)c1cccc(S(=O)(=O)N(C)OC)c1. The molecule has 0 unspecified atom stereocenters. The van der Waals surface area contributed by atoms with Gasteiger partial charge in [-0.25, -0.2) is 16.8 Å². The van der Waals surface area contributed by atoms with Gasteiger partial charge in [0.1, 0.15) is 0 Å². The summed E-state index contributed by atoms with van der Waals surface area (Å²) in [4.78, 5) is 19.8. The van der Waals surface area contributed by atoms with E-state index in [9.17, 15) is 21.6 Å². The molecule has 1 aliphatic rings. The van der Waals surface area contributed by atoms with Crippen LogP contribution in [-0.2, 0) is 31.3 Å². The number of rotatable bonds is 8. The van der Waals surface area contributed by atoms with Crippen molar-refractivity contribution in [3.8, 4) is 0 Å². The van der Waals surface area contributed by atoms with E-state index >= 15 is 0 Å². The van der Waals surface area contributed by atoms with Crippen molar-refractivity contribution in [2.45, 2.75) is 36.5 Å². The molecule has 1 aliphatic heterocycles. The number of amides is 1. The fourth-order valence-electron chi connectivity index (χ4n) is 3.85. The Hall–Kier alpha value is -2.31. The zero-order chi connectivity index (χ0) is 24.4. The molecule has 0 aliphatic carbocycles. The Morgan fingerprint density at radius 2 is 1.67 bits per heavy atom. The molecule has 0 saturated heterocycles. The number of hydroxylamine groups is 1. The largest absolute Gasteiger partial charge is 0.308 e. The third kappa shape index (κ3) is 4.82. The first-order valence-corrected chi connectivity index (χ1v) is 13.5. The summed E-state index contributed by atoms with van der Waals surface area (Å²) in [6.07, 6.45) is 1.31. The number of sulfonamides is 2. The van der Waals surface area contributed by atoms with Crippen LogP contribution >= 0.6 is 0 Å². The van der Waals surface area contributed by atoms with Crippen molar-refractivity contribution in [3.63, 3.8) is 0 Å². The Bertz CT molecular complexity index is 1240. The monoisotopic (exact) mass is 495 g/mol. The molecule has 1 heterocycles. The summed E-state index contributed by atoms with van der Waals surface area (Å²) in [6.45, 7) is 4.77. The van der Waals surface area contributed by atoms with Gasteiger partial charge >= 0.3 is 0 Å². The van der Waals surface area contributed by atoms with Gasteiger partial charge in [-0.2, -0.15) is 4.31 Å². The van der Waals surface area contributed by atoms with E-state index in [1.807, 2.05) is 0 Å². The molecule has 1 amide bonds. The summed E-state index contributed by atoms with van der Waals surface area (Å²) in [7, 11) is -5.00. The minimum absolute atomic E-state index is 0.0596. The first-order chi connectivity index (χ1) is 15.6. The number of hydrogen-bond donors (Lipinski definition) is 0. The Morgan fingerprint density at radius 3 is 2.30 bits per heavy atom. The second-order valence-corrected chi connectivity index (χ2v) is 11.4. The zero-order valence-corrected chi connectivity index (χ0v) is 20.8. The molecule has 2 aromatic rings. The van der Waals surface area contributed by atoms with E-state index in [0.717, 1.165) is 10.0 Å². The number of benzene rings is 2. The average molecular weight is 496 g/mol. The molecule has 0 saturated carbocycles. The smallest absolute Gasteiger partial charge is 0.264 e. The number of fused-ring (bicyclic) bond motifs is 1. The first kappa shape index (κ1) is 25.3. The van der Waals surface area contributed by atoms with Crippen molar-refractivity contribution >= 4 is 31.6 Å². The lowest BCUT2D eigenvalue weighted by Gasteiger charge is -2.30. The minimum Gasteiger partial charge on any atom is -0.308 e. The Kier molecular flexibility index (Phi) is 7.59. The van der Waals surface area contributed by atoms with Crippen LogP contribution in [0.2, 0.25) is 0 Å². The average Bonchev–Trinajstić information content (AvgIpc) is 2.82. The van der Waals surface area contributed by atoms with Crippen LogP contribution in [0.15, 0.2) is 52.3 Å². The molecule has 33 heavy (non-hydrogen) atoms. The van der Waals surface area contributed by atoms with Crippen LogP contribution in [0.5, 0.6) is 0 Å². The second kappa shape index (κ2) is 9.90. The maximum Gasteiger partial charge on any atom is 0.264 e. The molecular formula is C22H29N3O6S2. The second-order valence-electron chi connectivity index (χ2n) is 7.57. The summed E-state index contributed by atoms with van der Waals surface area (Å²) in [5.41, 5.74) is 1.62. The molecule has 0 atom stereocenters. The van der Waals surface area contributed by atoms with E-state index in [0.29, 0.717) is 38.2 Å². The number of carbonyl (C=O) groups is 1. The Balaban J connectivity index is 1.97. The van der Waals surface area contributed by atoms with Crippen molar-refractivity contribution in [2.75, 3.05) is 38.7 Å². The Morgan fingerprint density at radius 1 is 1.00 bits per heavy atom. The summed E-state index contributed by atoms with van der Waals surface area (Å²) in [5.74, 6) is -0.354. The summed E-state index contributed by atoms with van der Waals surface area (Å²) in [6, 6.07) is 10.6. The van der Waals surface area contributed by atoms with Crippen LogP contribution < -0.4 is 4.90 Å². The fourth-order valence-corrected chi connectivity index (χ4v) is 6.38. The van der Waals surface area contributed by atoms with Gasteiger partial charge in [0.15, 0.2) is 0 Å². The highest BCUT2D eigenvalue weighted by Gasteiger charge is 2.29. The van der Waals surface area contributed by atoms with Gasteiger partial charge in [-0.15, -0.1) is 0 Å². The Labute approximate surface area is 195 Å². The van der Waals surface area contributed by atoms with Crippen LogP contribution in [0.4, 0.5) is 5.69 Å². The van der Waals surface area contributed by atoms with Crippen molar-refractivity contribution in [3.05, 3.63) is 53.6 Å². The van der Waals surface area contributed by atoms with Crippen LogP contribution in [0.3, 0.4) is 0 Å². The van der Waals surface area contributed by atoms with E-state index in [1.165, 1.54) is 42.7 Å². The predicted octanol–water partition coefficient (Wildman–Crippen LogP) is 2.49. The highest BCUT2D eigenvalue weighted by Crippen LogP contribution is 2.32. The number of carbonyl (C=O) groups excluding carboxylic acids is 1. The first-order valence-electron chi connectivity index (χ1n) is 10.7. The van der Waals surface area contributed by atoms with Gasteiger partial charge in [-0.05, 0) is 54.8 Å². The van der Waals surface area contributed by atoms with Gasteiger partial charge < -0.3 is 4.90 Å². The van der Waals surface area contributed by atoms with Crippen LogP contribution in [0.25, 0.3) is 0 Å². The van der Waals surface area contributed by atoms with Crippen LogP contribution in [0, 0.1) is 0 Å². The standard InChI is InChI=1S/C22H29N3O6S2/c1-5-24(6-2)33(29,30)20-12-13-21-17(15-20)10-8-14-25(21)22(26)18-9-7-11-19(16-18)32(27,28)23(3)31-4/h7,9,11-13,15-16H,5-6,8,10,14H2,1-4H3. The molecule has 180 valence electrons. The van der Waals surface area contributed by atoms with E-state index in [2.05, 4.69) is 0 Å². The molecule has 2 aromatic carbocycles. The highest BCUT2D eigenvalue weighted by atomic mass is 32.2. The predicted molar refractivity (Wildman–Crippen MR) is 125 cm³/mol. The molecule has 0 radical (unpaired) electrons. The quantitative estimate of drug-likeness (QED) is 0.521. The number of nitrogens with zero attached hydrogens (tertiary/aromatic N) is 3. The molecule has 0 spiro atoms. The van der Waals surface area contributed by atoms with Gasteiger partial charge in [-0.1, -0.05) is 24.4 Å². The molecule has 3 rings (SSSR count). The lowest BCUT2D eigenvalue weighted by atomic mass is 10.0. The third-order valence-corrected chi connectivity index (χ3v) is 9.45. The minimum atomic E-state index is -3.90. The molecule has 9 nitrogen and oxygen atoms in total. The van der Waals surface area contributed by atoms with Gasteiger partial charge in [0.2, 0.25) is 10.0 Å². The maximum atomic E-state index is 13.3. The maximum absolute atomic E-state index is 13.3. The van der Waals surface area contributed by atoms with E-state index in [1.54, 1.807) is 36.9 Å². The highest BCUT2D eigenvalue weighted by molar-refractivity contribution is 7.89. The van der Waals surface area contributed by atoms with Crippen molar-refractivity contribution in [1.82, 2.24) is 8.77 Å². The van der Waals surface area contributed by atoms with Crippen molar-refractivity contribution < 1.29 is 26.5 Å². The fraction of sp³-hybridized carbons (Fsp3) is 0.409. The van der Waals surface area contributed by atoms with Gasteiger partial charge in [0.05, 0.1) is 16.9 Å². The molecule has 0 aromatic heterocycles. The lowest BCUT2D eigenvalue weighted by molar-refractivity contribution is -0.0258. The topological polar surface area (TPSA) is 104 Å². The molecule has 0 N–H and O–H groups in total. The van der Waals surface area contributed by atoms with Crippen molar-refractivity contribution in [1.29, 1.82) is 0 Å². The summed E-state index contributed by atoms with van der Waals surface area (Å²) in [5, 5.41) is 0. The van der Waals surface area contributed by atoms with Gasteiger partial charge in [0, 0.05) is 37.9 Å².